The summed E-state index contributed by atoms with van der Waals surface area (Å²) in [4.78, 5) is 39.9. The topological polar surface area (TPSA) is 232 Å². The van der Waals surface area contributed by atoms with Crippen LogP contribution >= 0.6 is 0 Å². The molecule has 0 bridgehead atoms. The highest BCUT2D eigenvalue weighted by Crippen LogP contribution is 2.36. The third-order valence-corrected chi connectivity index (χ3v) is 12.8. The smallest absolute Gasteiger partial charge is 0.252 e. The van der Waals surface area contributed by atoms with Crippen LogP contribution in [0.15, 0.2) is 140 Å². The van der Waals surface area contributed by atoms with Gasteiger partial charge in [-0.15, -0.1) is 0 Å². The number of halogens is 2. The van der Waals surface area contributed by atoms with E-state index >= 15 is 0 Å². The molecule has 0 fully saturated rings. The molecule has 0 aliphatic heterocycles. The number of nitrogens with two attached hydrogens (primary N) is 2. The third kappa shape index (κ3) is 11.8. The Labute approximate surface area is 421 Å². The van der Waals surface area contributed by atoms with Crippen LogP contribution in [0.3, 0.4) is 0 Å². The van der Waals surface area contributed by atoms with Crippen molar-refractivity contribution in [1.82, 2.24) is 30.6 Å². The number of aromatic nitrogens is 4. The monoisotopic (exact) mass is 984 g/mol. The molecule has 0 aliphatic rings. The first kappa shape index (κ1) is 51.1. The minimum atomic E-state index is -0.596. The van der Waals surface area contributed by atoms with Crippen LogP contribution in [0.1, 0.15) is 75.3 Å². The van der Waals surface area contributed by atoms with Gasteiger partial charge in [0.05, 0.1) is 41.8 Å². The quantitative estimate of drug-likeness (QED) is 0.0368. The summed E-state index contributed by atoms with van der Waals surface area (Å²) in [6, 6.07) is 37.6. The third-order valence-electron chi connectivity index (χ3n) is 12.8. The largest absolute Gasteiger partial charge is 0.395 e. The number of H-pyrrole nitrogens is 2. The average Bonchev–Trinajstić information content (AvgIpc) is 4.05. The number of aromatic amines is 2. The second-order valence-corrected chi connectivity index (χ2v) is 17.6. The summed E-state index contributed by atoms with van der Waals surface area (Å²) in [7, 11) is 0. The molecular formula is C57H58F2N10O4. The number of hydrogen-bond acceptors (Lipinski definition) is 10. The van der Waals surface area contributed by atoms with E-state index in [-0.39, 0.29) is 48.1 Å². The van der Waals surface area contributed by atoms with Crippen molar-refractivity contribution in [1.29, 1.82) is 0 Å². The Kier molecular flexibility index (Phi) is 16.3. The Morgan fingerprint density at radius 2 is 1.05 bits per heavy atom. The molecule has 0 aliphatic carbocycles. The normalized spacial score (nSPS) is 12.0. The maximum Gasteiger partial charge on any atom is 0.252 e. The summed E-state index contributed by atoms with van der Waals surface area (Å²) in [6.45, 7) is 7.25. The van der Waals surface area contributed by atoms with Crippen molar-refractivity contribution in [3.8, 4) is 22.5 Å². The van der Waals surface area contributed by atoms with Crippen LogP contribution < -0.4 is 32.7 Å². The molecule has 12 N–H and O–H groups in total. The number of aliphatic hydroxyl groups is 2. The van der Waals surface area contributed by atoms with Gasteiger partial charge in [0.25, 0.3) is 11.8 Å². The zero-order chi connectivity index (χ0) is 51.6. The van der Waals surface area contributed by atoms with Crippen LogP contribution in [0.2, 0.25) is 0 Å². The summed E-state index contributed by atoms with van der Waals surface area (Å²) >= 11 is 0. The molecule has 4 heterocycles. The molecular weight excluding hydrogens is 927 g/mol. The Hall–Kier alpha value is -8.28. The van der Waals surface area contributed by atoms with Crippen LogP contribution in [0, 0.1) is 11.6 Å². The molecule has 9 rings (SSSR count). The van der Waals surface area contributed by atoms with E-state index in [1.165, 1.54) is 36.7 Å². The van der Waals surface area contributed by atoms with Gasteiger partial charge in [0.2, 0.25) is 0 Å². The second-order valence-electron chi connectivity index (χ2n) is 17.6. The zero-order valence-electron chi connectivity index (χ0n) is 40.7. The van der Waals surface area contributed by atoms with E-state index in [1.807, 2.05) is 79.7 Å². The number of pyridine rings is 2. The Bertz CT molecular complexity index is 3360. The summed E-state index contributed by atoms with van der Waals surface area (Å²) in [5, 5.41) is 34.4. The summed E-state index contributed by atoms with van der Waals surface area (Å²) < 4.78 is 26.8. The number of anilines is 4. The number of primary amides is 2. The molecule has 0 saturated heterocycles. The number of fused-ring (bicyclic) bond motifs is 2. The van der Waals surface area contributed by atoms with Crippen molar-refractivity contribution in [3.05, 3.63) is 190 Å². The number of benzene rings is 5. The molecule has 374 valence electrons. The molecule has 0 saturated carbocycles. The maximum absolute atomic E-state index is 13.5. The standard InChI is InChI=1S/C31H30FN5O2.C26H28FN5O2/c1-2-23-21(16-34-28(18-38)19-7-4-3-5-8-19)9-6-10-26(23)36-29-24-15-27(20-11-13-22(32)14-12-20)37-31(24)35-17-25(29)30(33)39;1-3-19-17(12-29-15(2)14-33)5-4-6-22(19)31-24-20-11-23(16-7-9-18(27)10-8-16)32-26(20)30-13-21(24)25(28)34/h3-15,17,28,34,38H,2,16,18H2,1H3,(H2,33,39)(H2,35,36,37);4-11,13,15,29,33H,3,12,14H2,1-2H3,(H2,28,34)(H2,30,31,32). The number of hydrogen-bond donors (Lipinski definition) is 10. The van der Waals surface area contributed by atoms with E-state index in [0.717, 1.165) is 74.5 Å². The predicted octanol–water partition coefficient (Wildman–Crippen LogP) is 9.84. The minimum absolute atomic E-state index is 0.0210. The molecule has 0 radical (unpaired) electrons. The average molecular weight is 985 g/mol. The molecule has 2 unspecified atom stereocenters. The fraction of sp³-hybridized carbons (Fsp3) is 0.193. The number of amides is 2. The summed E-state index contributed by atoms with van der Waals surface area (Å²) in [6.07, 6.45) is 4.42. The molecule has 73 heavy (non-hydrogen) atoms. The van der Waals surface area contributed by atoms with E-state index in [0.29, 0.717) is 46.5 Å². The van der Waals surface area contributed by atoms with Gasteiger partial charge in [-0.3, -0.25) is 9.59 Å². The first-order valence-corrected chi connectivity index (χ1v) is 24.0. The number of carbonyl (C=O) groups excluding carboxylic acids is 2. The Morgan fingerprint density at radius 3 is 1.47 bits per heavy atom. The molecule has 5 aromatic carbocycles. The maximum atomic E-state index is 13.5. The molecule has 9 aromatic rings. The van der Waals surface area contributed by atoms with Crippen molar-refractivity contribution in [3.63, 3.8) is 0 Å². The van der Waals surface area contributed by atoms with Crippen molar-refractivity contribution >= 4 is 56.6 Å². The number of carbonyl (C=O) groups is 2. The van der Waals surface area contributed by atoms with Crippen molar-refractivity contribution < 1.29 is 28.6 Å². The number of nitrogens with zero attached hydrogens (tertiary/aromatic N) is 2. The first-order chi connectivity index (χ1) is 35.4. The van der Waals surface area contributed by atoms with Gasteiger partial charge in [-0.1, -0.05) is 68.4 Å². The molecule has 2 atom stereocenters. The van der Waals surface area contributed by atoms with Gasteiger partial charge >= 0.3 is 0 Å². The molecule has 4 aromatic heterocycles. The fourth-order valence-electron chi connectivity index (χ4n) is 8.86. The molecule has 0 spiro atoms. The van der Waals surface area contributed by atoms with Crippen molar-refractivity contribution in [2.75, 3.05) is 23.8 Å². The van der Waals surface area contributed by atoms with Crippen LogP contribution in [-0.4, -0.2) is 61.2 Å². The van der Waals surface area contributed by atoms with E-state index in [9.17, 15) is 28.6 Å². The van der Waals surface area contributed by atoms with E-state index < -0.39 is 11.8 Å². The lowest BCUT2D eigenvalue weighted by Gasteiger charge is -2.20. The molecule has 14 nitrogen and oxygen atoms in total. The van der Waals surface area contributed by atoms with Gasteiger partial charge in [0.15, 0.2) is 0 Å². The lowest BCUT2D eigenvalue weighted by Crippen LogP contribution is -2.29. The van der Waals surface area contributed by atoms with E-state index in [1.54, 1.807) is 24.3 Å². The van der Waals surface area contributed by atoms with Gasteiger partial charge in [-0.25, -0.2) is 18.7 Å². The Balaban J connectivity index is 0.000000197. The lowest BCUT2D eigenvalue weighted by atomic mass is 10.0. The lowest BCUT2D eigenvalue weighted by molar-refractivity contribution is 0.0992. The van der Waals surface area contributed by atoms with Gasteiger partial charge in [0, 0.05) is 65.1 Å². The van der Waals surface area contributed by atoms with Gasteiger partial charge in [0.1, 0.15) is 22.9 Å². The fourth-order valence-corrected chi connectivity index (χ4v) is 8.86. The van der Waals surface area contributed by atoms with Crippen LogP contribution in [0.25, 0.3) is 44.6 Å². The van der Waals surface area contributed by atoms with Gasteiger partial charge in [-0.2, -0.15) is 0 Å². The highest BCUT2D eigenvalue weighted by Gasteiger charge is 2.21. The van der Waals surface area contributed by atoms with Crippen molar-refractivity contribution in [2.24, 2.45) is 11.5 Å². The summed E-state index contributed by atoms with van der Waals surface area (Å²) in [5.41, 5.74) is 24.4. The zero-order valence-corrected chi connectivity index (χ0v) is 40.7. The SMILES string of the molecule is CCc1c(CNC(C)CO)cccc1Nc1c(C(N)=O)cnc2[nH]c(-c3ccc(F)cc3)cc12.CCc1c(CNC(CO)c2ccccc2)cccc1Nc1c(C(N)=O)cnc2[nH]c(-c3ccc(F)cc3)cc12. The molecule has 2 amide bonds. The first-order valence-electron chi connectivity index (χ1n) is 24.0. The van der Waals surface area contributed by atoms with Gasteiger partial charge < -0.3 is 52.9 Å². The number of rotatable bonds is 19. The predicted molar refractivity (Wildman–Crippen MR) is 285 cm³/mol. The van der Waals surface area contributed by atoms with Gasteiger partial charge in [-0.05, 0) is 132 Å². The van der Waals surface area contributed by atoms with E-state index in [2.05, 4.69) is 61.1 Å². The van der Waals surface area contributed by atoms with Crippen molar-refractivity contribution in [2.45, 2.75) is 58.8 Å². The number of nitrogens with one attached hydrogen (secondary N) is 6. The second kappa shape index (κ2) is 23.3. The highest BCUT2D eigenvalue weighted by molar-refractivity contribution is 6.09. The molecule has 16 heteroatoms. The van der Waals surface area contributed by atoms with Crippen LogP contribution in [0.5, 0.6) is 0 Å². The minimum Gasteiger partial charge on any atom is -0.395 e. The van der Waals surface area contributed by atoms with E-state index in [4.69, 9.17) is 11.5 Å². The number of aliphatic hydroxyl groups excluding tert-OH is 2. The van der Waals surface area contributed by atoms with Crippen LogP contribution in [0.4, 0.5) is 31.5 Å². The Morgan fingerprint density at radius 1 is 0.603 bits per heavy atom. The highest BCUT2D eigenvalue weighted by atomic mass is 19.1. The van der Waals surface area contributed by atoms with Crippen LogP contribution in [-0.2, 0) is 25.9 Å². The summed E-state index contributed by atoms with van der Waals surface area (Å²) in [5.74, 6) is -1.82.